The van der Waals surface area contributed by atoms with E-state index in [4.69, 9.17) is 4.74 Å². The fourth-order valence-electron chi connectivity index (χ4n) is 1.73. The van der Waals surface area contributed by atoms with Crippen LogP contribution in [0.3, 0.4) is 0 Å². The highest BCUT2D eigenvalue weighted by Crippen LogP contribution is 2.10. The first-order valence-corrected chi connectivity index (χ1v) is 7.77. The van der Waals surface area contributed by atoms with Crippen LogP contribution in [0, 0.1) is 0 Å². The molecule has 0 unspecified atom stereocenters. The minimum absolute atomic E-state index is 0.318. The molecule has 0 radical (unpaired) electrons. The third-order valence-corrected chi connectivity index (χ3v) is 3.74. The molecule has 2 rings (SSSR count). The molecule has 4 nitrogen and oxygen atoms in total. The molecule has 0 aliphatic heterocycles. The molecule has 1 amide bonds. The highest BCUT2D eigenvalue weighted by Gasteiger charge is 2.15. The third kappa shape index (κ3) is 5.18. The lowest BCUT2D eigenvalue weighted by molar-refractivity contribution is -0.150. The van der Waals surface area contributed by atoms with Crippen molar-refractivity contribution in [1.82, 2.24) is 5.32 Å². The first-order valence-electron chi connectivity index (χ1n) is 6.89. The average molecular weight is 315 g/mol. The van der Waals surface area contributed by atoms with Crippen molar-refractivity contribution in [2.45, 2.75) is 19.6 Å². The summed E-state index contributed by atoms with van der Waals surface area (Å²) in [7, 11) is 0. The Labute approximate surface area is 133 Å². The van der Waals surface area contributed by atoms with Gasteiger partial charge in [0.05, 0.1) is 0 Å². The maximum Gasteiger partial charge on any atom is 0.331 e. The summed E-state index contributed by atoms with van der Waals surface area (Å²) < 4.78 is 5.07. The van der Waals surface area contributed by atoms with Crippen molar-refractivity contribution in [3.05, 3.63) is 64.4 Å². The van der Waals surface area contributed by atoms with Crippen molar-refractivity contribution in [3.63, 3.8) is 0 Å². The van der Waals surface area contributed by atoms with Gasteiger partial charge in [-0.15, -0.1) is 11.3 Å². The molecule has 0 saturated carbocycles. The quantitative estimate of drug-likeness (QED) is 0.658. The van der Waals surface area contributed by atoms with Crippen LogP contribution in [0.2, 0.25) is 0 Å². The minimum atomic E-state index is -0.829. The van der Waals surface area contributed by atoms with Crippen molar-refractivity contribution in [2.75, 3.05) is 0 Å². The Balaban J connectivity index is 1.77. The second-order valence-corrected chi connectivity index (χ2v) is 5.61. The lowest BCUT2D eigenvalue weighted by atomic mass is 10.2. The Bertz CT molecular complexity index is 635. The lowest BCUT2D eigenvalue weighted by Gasteiger charge is -2.12. The molecule has 22 heavy (non-hydrogen) atoms. The smallest absolute Gasteiger partial charge is 0.331 e. The molecule has 0 aliphatic carbocycles. The standard InChI is InChI=1S/C17H17NO3S/c1-13(17(20)18-12-14-6-3-2-4-7-14)21-16(19)10-9-15-8-5-11-22-15/h2-11,13H,12H2,1H3,(H,18,20)/b10-9+/t13-/m1/s1. The number of carbonyl (C=O) groups excluding carboxylic acids is 2. The van der Waals surface area contributed by atoms with Gasteiger partial charge in [-0.1, -0.05) is 36.4 Å². The number of benzene rings is 1. The van der Waals surface area contributed by atoms with E-state index >= 15 is 0 Å². The zero-order valence-electron chi connectivity index (χ0n) is 12.2. The van der Waals surface area contributed by atoms with E-state index in [1.165, 1.54) is 17.4 Å². The zero-order chi connectivity index (χ0) is 15.8. The molecule has 0 saturated heterocycles. The largest absolute Gasteiger partial charge is 0.449 e. The molecule has 114 valence electrons. The Morgan fingerprint density at radius 2 is 2.00 bits per heavy atom. The van der Waals surface area contributed by atoms with Gasteiger partial charge in [-0.3, -0.25) is 4.79 Å². The summed E-state index contributed by atoms with van der Waals surface area (Å²) in [6.45, 7) is 1.96. The number of rotatable bonds is 6. The number of hydrogen-bond acceptors (Lipinski definition) is 4. The average Bonchev–Trinajstić information content (AvgIpc) is 3.05. The van der Waals surface area contributed by atoms with Gasteiger partial charge >= 0.3 is 5.97 Å². The summed E-state index contributed by atoms with van der Waals surface area (Å²) in [6.07, 6.45) is 2.17. The summed E-state index contributed by atoms with van der Waals surface area (Å²) >= 11 is 1.52. The van der Waals surface area contributed by atoms with E-state index in [2.05, 4.69) is 5.32 Å². The van der Waals surface area contributed by atoms with Gasteiger partial charge in [-0.2, -0.15) is 0 Å². The number of carbonyl (C=O) groups is 2. The van der Waals surface area contributed by atoms with Crippen LogP contribution >= 0.6 is 11.3 Å². The van der Waals surface area contributed by atoms with Crippen molar-refractivity contribution in [1.29, 1.82) is 0 Å². The number of esters is 1. The molecule has 0 bridgehead atoms. The minimum Gasteiger partial charge on any atom is -0.449 e. The SMILES string of the molecule is C[C@@H](OC(=O)/C=C/c1cccs1)C(=O)NCc1ccccc1. The van der Waals surface area contributed by atoms with E-state index in [1.54, 1.807) is 13.0 Å². The van der Waals surface area contributed by atoms with Gasteiger partial charge in [0.1, 0.15) is 0 Å². The van der Waals surface area contributed by atoms with E-state index in [-0.39, 0.29) is 5.91 Å². The number of hydrogen-bond donors (Lipinski definition) is 1. The molecule has 1 heterocycles. The Morgan fingerprint density at radius 3 is 2.68 bits per heavy atom. The molecule has 2 aromatic rings. The monoisotopic (exact) mass is 315 g/mol. The fraction of sp³-hybridized carbons (Fsp3) is 0.176. The van der Waals surface area contributed by atoms with Crippen LogP contribution in [-0.2, 0) is 20.9 Å². The number of nitrogens with one attached hydrogen (secondary N) is 1. The summed E-state index contributed by atoms with van der Waals surface area (Å²) in [6, 6.07) is 13.3. The summed E-state index contributed by atoms with van der Waals surface area (Å²) in [4.78, 5) is 24.5. The van der Waals surface area contributed by atoms with E-state index in [0.717, 1.165) is 10.4 Å². The molecule has 0 aliphatic rings. The normalized spacial score (nSPS) is 12.0. The molecule has 5 heteroatoms. The number of amides is 1. The molecular weight excluding hydrogens is 298 g/mol. The summed E-state index contributed by atoms with van der Waals surface area (Å²) in [5, 5.41) is 4.66. The Kier molecular flexibility index (Phi) is 5.91. The van der Waals surface area contributed by atoms with Crippen LogP contribution in [0.15, 0.2) is 53.9 Å². The van der Waals surface area contributed by atoms with Crippen LogP contribution < -0.4 is 5.32 Å². The maximum absolute atomic E-state index is 11.9. The van der Waals surface area contributed by atoms with Gasteiger partial charge < -0.3 is 10.1 Å². The molecule has 1 atom stereocenters. The van der Waals surface area contributed by atoms with Crippen LogP contribution in [-0.4, -0.2) is 18.0 Å². The summed E-state index contributed by atoms with van der Waals surface area (Å²) in [5.41, 5.74) is 0.993. The molecule has 1 aromatic carbocycles. The predicted molar refractivity (Wildman–Crippen MR) is 87.2 cm³/mol. The van der Waals surface area contributed by atoms with Crippen molar-refractivity contribution in [2.24, 2.45) is 0 Å². The highest BCUT2D eigenvalue weighted by atomic mass is 32.1. The number of ether oxygens (including phenoxy) is 1. The molecular formula is C17H17NO3S. The summed E-state index contributed by atoms with van der Waals surface area (Å²) in [5.74, 6) is -0.850. The van der Waals surface area contributed by atoms with Crippen molar-refractivity contribution in [3.8, 4) is 0 Å². The van der Waals surface area contributed by atoms with E-state index in [9.17, 15) is 9.59 Å². The fourth-order valence-corrected chi connectivity index (χ4v) is 2.35. The first kappa shape index (κ1) is 16.0. The molecule has 0 spiro atoms. The van der Waals surface area contributed by atoms with Gasteiger partial charge in [-0.05, 0) is 30.0 Å². The third-order valence-electron chi connectivity index (χ3n) is 2.90. The van der Waals surface area contributed by atoms with Crippen LogP contribution in [0.25, 0.3) is 6.08 Å². The van der Waals surface area contributed by atoms with Crippen molar-refractivity contribution >= 4 is 29.3 Å². The van der Waals surface area contributed by atoms with Crippen LogP contribution in [0.1, 0.15) is 17.4 Å². The highest BCUT2D eigenvalue weighted by molar-refractivity contribution is 7.10. The van der Waals surface area contributed by atoms with Crippen LogP contribution in [0.4, 0.5) is 0 Å². The van der Waals surface area contributed by atoms with E-state index in [0.29, 0.717) is 6.54 Å². The van der Waals surface area contributed by atoms with Crippen molar-refractivity contribution < 1.29 is 14.3 Å². The molecule has 1 N–H and O–H groups in total. The van der Waals surface area contributed by atoms with Gasteiger partial charge in [0, 0.05) is 17.5 Å². The van der Waals surface area contributed by atoms with Gasteiger partial charge in [-0.25, -0.2) is 4.79 Å². The number of thiophene rings is 1. The Morgan fingerprint density at radius 1 is 1.23 bits per heavy atom. The lowest BCUT2D eigenvalue weighted by Crippen LogP contribution is -2.35. The van der Waals surface area contributed by atoms with Gasteiger partial charge in [0.2, 0.25) is 0 Å². The first-order chi connectivity index (χ1) is 10.6. The van der Waals surface area contributed by atoms with Crippen LogP contribution in [0.5, 0.6) is 0 Å². The van der Waals surface area contributed by atoms with E-state index < -0.39 is 12.1 Å². The topological polar surface area (TPSA) is 55.4 Å². The molecule has 1 aromatic heterocycles. The van der Waals surface area contributed by atoms with Gasteiger partial charge in [0.25, 0.3) is 5.91 Å². The molecule has 0 fully saturated rings. The van der Waals surface area contributed by atoms with Gasteiger partial charge in [0.15, 0.2) is 6.10 Å². The zero-order valence-corrected chi connectivity index (χ0v) is 13.0. The van der Waals surface area contributed by atoms with E-state index in [1.807, 2.05) is 47.8 Å². The predicted octanol–water partition coefficient (Wildman–Crippen LogP) is 3.01. The second kappa shape index (κ2) is 8.14. The maximum atomic E-state index is 11.9. The second-order valence-electron chi connectivity index (χ2n) is 4.63. The Hall–Kier alpha value is -2.40.